The number of aromatic nitrogens is 2. The minimum Gasteiger partial charge on any atom is -0.317 e. The van der Waals surface area contributed by atoms with Gasteiger partial charge in [0.25, 0.3) is 5.56 Å². The predicted octanol–water partition coefficient (Wildman–Crippen LogP) is 1.55. The molecule has 0 aliphatic rings. The Balaban J connectivity index is 2.54. The smallest absolute Gasteiger partial charge is 0.266 e. The van der Waals surface area contributed by atoms with E-state index in [1.165, 1.54) is 0 Å². The maximum atomic E-state index is 11.8. The van der Waals surface area contributed by atoms with Gasteiger partial charge in [-0.1, -0.05) is 6.92 Å². The molecule has 0 aromatic carbocycles. The van der Waals surface area contributed by atoms with Crippen LogP contribution in [0.3, 0.4) is 0 Å². The standard InChI is InChI=1S/C11H18IN3O/c1-3-13-6-4-5-7-15-9(2)14-8-10(12)11(15)16/h8,13H,3-7H2,1-2H3. The average Bonchev–Trinajstić information content (AvgIpc) is 2.28. The molecule has 0 fully saturated rings. The molecule has 0 unspecified atom stereocenters. The van der Waals surface area contributed by atoms with Gasteiger partial charge >= 0.3 is 0 Å². The van der Waals surface area contributed by atoms with E-state index in [4.69, 9.17) is 0 Å². The Morgan fingerprint density at radius 2 is 2.25 bits per heavy atom. The zero-order valence-electron chi connectivity index (χ0n) is 9.79. The maximum absolute atomic E-state index is 11.8. The summed E-state index contributed by atoms with van der Waals surface area (Å²) in [6.07, 6.45) is 3.73. The van der Waals surface area contributed by atoms with Crippen molar-refractivity contribution in [3.8, 4) is 0 Å². The number of aryl methyl sites for hydroxylation is 1. The lowest BCUT2D eigenvalue weighted by atomic mass is 10.3. The minimum atomic E-state index is 0.0801. The van der Waals surface area contributed by atoms with E-state index in [2.05, 4.69) is 17.2 Å². The summed E-state index contributed by atoms with van der Waals surface area (Å²) < 4.78 is 2.45. The number of hydrogen-bond acceptors (Lipinski definition) is 3. The van der Waals surface area contributed by atoms with E-state index in [1.807, 2.05) is 29.5 Å². The van der Waals surface area contributed by atoms with E-state index in [-0.39, 0.29) is 5.56 Å². The highest BCUT2D eigenvalue weighted by Gasteiger charge is 2.04. The van der Waals surface area contributed by atoms with Crippen molar-refractivity contribution in [2.75, 3.05) is 13.1 Å². The molecular weight excluding hydrogens is 317 g/mol. The van der Waals surface area contributed by atoms with Crippen LogP contribution in [0.4, 0.5) is 0 Å². The Morgan fingerprint density at radius 1 is 1.50 bits per heavy atom. The van der Waals surface area contributed by atoms with E-state index in [9.17, 15) is 4.79 Å². The van der Waals surface area contributed by atoms with Gasteiger partial charge in [0.05, 0.1) is 3.57 Å². The van der Waals surface area contributed by atoms with Crippen molar-refractivity contribution < 1.29 is 0 Å². The molecule has 16 heavy (non-hydrogen) atoms. The first kappa shape index (κ1) is 13.6. The molecule has 5 heteroatoms. The minimum absolute atomic E-state index is 0.0801. The summed E-state index contributed by atoms with van der Waals surface area (Å²) in [5.74, 6) is 0.800. The lowest BCUT2D eigenvalue weighted by molar-refractivity contribution is 0.548. The third-order valence-electron chi connectivity index (χ3n) is 2.44. The Hall–Kier alpha value is -0.430. The molecule has 0 radical (unpaired) electrons. The monoisotopic (exact) mass is 335 g/mol. The van der Waals surface area contributed by atoms with E-state index < -0.39 is 0 Å². The average molecular weight is 335 g/mol. The van der Waals surface area contributed by atoms with Crippen LogP contribution in [0.25, 0.3) is 0 Å². The van der Waals surface area contributed by atoms with Crippen LogP contribution in [0.15, 0.2) is 11.0 Å². The van der Waals surface area contributed by atoms with Crippen LogP contribution in [0.5, 0.6) is 0 Å². The molecule has 1 heterocycles. The van der Waals surface area contributed by atoms with Crippen LogP contribution in [0.2, 0.25) is 0 Å². The van der Waals surface area contributed by atoms with Crippen LogP contribution in [0, 0.1) is 10.5 Å². The molecule has 4 nitrogen and oxygen atoms in total. The predicted molar refractivity (Wildman–Crippen MR) is 73.7 cm³/mol. The Labute approximate surface area is 110 Å². The van der Waals surface area contributed by atoms with Crippen molar-refractivity contribution in [2.24, 2.45) is 0 Å². The van der Waals surface area contributed by atoms with Crippen molar-refractivity contribution in [1.29, 1.82) is 0 Å². The van der Waals surface area contributed by atoms with E-state index in [0.717, 1.165) is 38.3 Å². The van der Waals surface area contributed by atoms with Gasteiger partial charge in [0, 0.05) is 12.7 Å². The normalized spacial score (nSPS) is 10.7. The van der Waals surface area contributed by atoms with E-state index >= 15 is 0 Å². The van der Waals surface area contributed by atoms with Crippen LogP contribution >= 0.6 is 22.6 Å². The van der Waals surface area contributed by atoms with Crippen molar-refractivity contribution in [3.63, 3.8) is 0 Å². The third kappa shape index (κ3) is 3.86. The fourth-order valence-corrected chi connectivity index (χ4v) is 1.94. The summed E-state index contributed by atoms with van der Waals surface area (Å²) in [5, 5.41) is 3.27. The zero-order chi connectivity index (χ0) is 12.0. The highest BCUT2D eigenvalue weighted by molar-refractivity contribution is 14.1. The van der Waals surface area contributed by atoms with Crippen molar-refractivity contribution in [2.45, 2.75) is 33.2 Å². The van der Waals surface area contributed by atoms with Gasteiger partial charge in [-0.3, -0.25) is 9.36 Å². The van der Waals surface area contributed by atoms with Gasteiger partial charge in [-0.05, 0) is 55.4 Å². The molecule has 1 aromatic heterocycles. The summed E-state index contributed by atoms with van der Waals surface area (Å²) >= 11 is 2.03. The molecule has 1 aromatic rings. The Morgan fingerprint density at radius 3 is 2.94 bits per heavy atom. The van der Waals surface area contributed by atoms with E-state index in [0.29, 0.717) is 3.57 Å². The van der Waals surface area contributed by atoms with Crippen LogP contribution in [-0.2, 0) is 6.54 Å². The first-order valence-electron chi connectivity index (χ1n) is 5.59. The zero-order valence-corrected chi connectivity index (χ0v) is 12.0. The number of nitrogens with zero attached hydrogens (tertiary/aromatic N) is 2. The van der Waals surface area contributed by atoms with Crippen LogP contribution in [0.1, 0.15) is 25.6 Å². The highest BCUT2D eigenvalue weighted by atomic mass is 127. The summed E-state index contributed by atoms with van der Waals surface area (Å²) in [4.78, 5) is 16.0. The summed E-state index contributed by atoms with van der Waals surface area (Å²) in [5.41, 5.74) is 0.0801. The SMILES string of the molecule is CCNCCCCn1c(C)ncc(I)c1=O. The Bertz CT molecular complexity index is 389. The van der Waals surface area contributed by atoms with Gasteiger partial charge in [0.15, 0.2) is 0 Å². The molecule has 0 amide bonds. The number of nitrogens with one attached hydrogen (secondary N) is 1. The molecule has 0 aliphatic heterocycles. The summed E-state index contributed by atoms with van der Waals surface area (Å²) in [6, 6.07) is 0. The number of hydrogen-bond donors (Lipinski definition) is 1. The Kier molecular flexibility index (Phi) is 5.97. The van der Waals surface area contributed by atoms with E-state index in [1.54, 1.807) is 10.8 Å². The molecule has 90 valence electrons. The number of unbranched alkanes of at least 4 members (excludes halogenated alkanes) is 1. The van der Waals surface area contributed by atoms with Crippen molar-refractivity contribution >= 4 is 22.6 Å². The molecule has 0 bridgehead atoms. The van der Waals surface area contributed by atoms with Crippen molar-refractivity contribution in [1.82, 2.24) is 14.9 Å². The highest BCUT2D eigenvalue weighted by Crippen LogP contribution is 1.99. The number of rotatable bonds is 6. The lowest BCUT2D eigenvalue weighted by Gasteiger charge is -2.09. The summed E-state index contributed by atoms with van der Waals surface area (Å²) in [6.45, 7) is 6.76. The van der Waals surface area contributed by atoms with Crippen LogP contribution in [-0.4, -0.2) is 22.6 Å². The molecule has 0 saturated carbocycles. The molecule has 1 rings (SSSR count). The molecule has 0 saturated heterocycles. The van der Waals surface area contributed by atoms with Gasteiger partial charge in [-0.2, -0.15) is 0 Å². The quantitative estimate of drug-likeness (QED) is 0.634. The second-order valence-corrected chi connectivity index (χ2v) is 4.83. The van der Waals surface area contributed by atoms with Gasteiger partial charge in [-0.25, -0.2) is 4.98 Å². The first-order chi connectivity index (χ1) is 7.66. The second kappa shape index (κ2) is 7.01. The molecule has 0 aliphatic carbocycles. The largest absolute Gasteiger partial charge is 0.317 e. The lowest BCUT2D eigenvalue weighted by Crippen LogP contribution is -2.26. The second-order valence-electron chi connectivity index (χ2n) is 3.67. The van der Waals surface area contributed by atoms with Gasteiger partial charge in [0.2, 0.25) is 0 Å². The fourth-order valence-electron chi connectivity index (χ4n) is 1.51. The molecule has 0 spiro atoms. The fraction of sp³-hybridized carbons (Fsp3) is 0.636. The molecule has 1 N–H and O–H groups in total. The third-order valence-corrected chi connectivity index (χ3v) is 3.18. The van der Waals surface area contributed by atoms with Crippen LogP contribution < -0.4 is 10.9 Å². The number of halogens is 1. The van der Waals surface area contributed by atoms with Crippen molar-refractivity contribution in [3.05, 3.63) is 25.9 Å². The van der Waals surface area contributed by atoms with Gasteiger partial charge in [0.1, 0.15) is 5.82 Å². The molecular formula is C11H18IN3O. The summed E-state index contributed by atoms with van der Waals surface area (Å²) in [7, 11) is 0. The maximum Gasteiger partial charge on any atom is 0.266 e. The first-order valence-corrected chi connectivity index (χ1v) is 6.67. The van der Waals surface area contributed by atoms with Gasteiger partial charge in [-0.15, -0.1) is 0 Å². The topological polar surface area (TPSA) is 46.9 Å². The molecule has 0 atom stereocenters. The van der Waals surface area contributed by atoms with Gasteiger partial charge < -0.3 is 5.32 Å².